The second-order valence-corrected chi connectivity index (χ2v) is 5.41. The average Bonchev–Trinajstić information content (AvgIpc) is 2.42. The van der Waals surface area contributed by atoms with Gasteiger partial charge in [0.15, 0.2) is 0 Å². The lowest BCUT2D eigenvalue weighted by Crippen LogP contribution is -2.41. The van der Waals surface area contributed by atoms with E-state index in [1.54, 1.807) is 0 Å². The second kappa shape index (κ2) is 6.79. The van der Waals surface area contributed by atoms with Crippen LogP contribution in [0.4, 0.5) is 8.78 Å². The van der Waals surface area contributed by atoms with E-state index in [0.29, 0.717) is 18.4 Å². The highest BCUT2D eigenvalue weighted by Gasteiger charge is 2.21. The fraction of sp³-hybridized carbons (Fsp3) is 0.533. The maximum atomic E-state index is 13.4. The van der Waals surface area contributed by atoms with Crippen LogP contribution in [0.15, 0.2) is 18.2 Å². The van der Waals surface area contributed by atoms with Crippen LogP contribution >= 0.6 is 0 Å². The molecule has 2 rings (SSSR count). The molecule has 1 heterocycles. The molecule has 3 nitrogen and oxygen atoms in total. The number of rotatable bonds is 4. The van der Waals surface area contributed by atoms with Crippen molar-refractivity contribution in [1.29, 1.82) is 0 Å². The van der Waals surface area contributed by atoms with Crippen molar-refractivity contribution in [3.8, 4) is 0 Å². The number of halogens is 2. The second-order valence-electron chi connectivity index (χ2n) is 5.41. The van der Waals surface area contributed by atoms with Gasteiger partial charge >= 0.3 is 0 Å². The third kappa shape index (κ3) is 3.76. The number of carbonyl (C=O) groups excluding carboxylic acids is 1. The van der Waals surface area contributed by atoms with Crippen LogP contribution in [0, 0.1) is 23.5 Å². The molecule has 110 valence electrons. The Morgan fingerprint density at radius 2 is 2.10 bits per heavy atom. The Labute approximate surface area is 117 Å². The molecule has 0 radical (unpaired) electrons. The van der Waals surface area contributed by atoms with Crippen LogP contribution in [0.1, 0.15) is 18.9 Å². The van der Waals surface area contributed by atoms with Gasteiger partial charge in [-0.2, -0.15) is 0 Å². The molecule has 0 bridgehead atoms. The lowest BCUT2D eigenvalue weighted by Gasteiger charge is -2.29. The first-order valence-corrected chi connectivity index (χ1v) is 6.98. The van der Waals surface area contributed by atoms with Crippen molar-refractivity contribution in [2.24, 2.45) is 11.8 Å². The lowest BCUT2D eigenvalue weighted by atomic mass is 9.88. The molecule has 2 atom stereocenters. The average molecular weight is 282 g/mol. The summed E-state index contributed by atoms with van der Waals surface area (Å²) >= 11 is 0. The zero-order chi connectivity index (χ0) is 14.5. The normalized spacial score (nSPS) is 22.6. The Balaban J connectivity index is 1.86. The summed E-state index contributed by atoms with van der Waals surface area (Å²) in [5.74, 6) is -0.759. The van der Waals surface area contributed by atoms with Crippen LogP contribution in [0.3, 0.4) is 0 Å². The van der Waals surface area contributed by atoms with E-state index in [-0.39, 0.29) is 17.9 Å². The highest BCUT2D eigenvalue weighted by molar-refractivity contribution is 5.78. The van der Waals surface area contributed by atoms with Crippen LogP contribution in [-0.4, -0.2) is 25.5 Å². The van der Waals surface area contributed by atoms with Gasteiger partial charge in [-0.1, -0.05) is 13.0 Å². The SMILES string of the molecule is CC1CNCCC1CNC(=O)Cc1c(F)cccc1F. The predicted molar refractivity (Wildman–Crippen MR) is 73.2 cm³/mol. The summed E-state index contributed by atoms with van der Waals surface area (Å²) in [6.07, 6.45) is 0.757. The summed E-state index contributed by atoms with van der Waals surface area (Å²) in [5.41, 5.74) is -0.164. The third-order valence-electron chi connectivity index (χ3n) is 3.92. The molecule has 0 aromatic heterocycles. The summed E-state index contributed by atoms with van der Waals surface area (Å²) in [6.45, 7) is 4.60. The molecule has 1 fully saturated rings. The number of amides is 1. The molecule has 0 saturated carbocycles. The minimum absolute atomic E-state index is 0.164. The molecule has 1 aliphatic heterocycles. The number of piperidine rings is 1. The van der Waals surface area contributed by atoms with Gasteiger partial charge < -0.3 is 10.6 Å². The van der Waals surface area contributed by atoms with E-state index >= 15 is 0 Å². The smallest absolute Gasteiger partial charge is 0.224 e. The van der Waals surface area contributed by atoms with E-state index in [2.05, 4.69) is 17.6 Å². The maximum absolute atomic E-state index is 13.4. The molecule has 1 aromatic carbocycles. The van der Waals surface area contributed by atoms with Gasteiger partial charge in [-0.05, 0) is 43.5 Å². The molecule has 2 N–H and O–H groups in total. The van der Waals surface area contributed by atoms with Crippen LogP contribution in [-0.2, 0) is 11.2 Å². The quantitative estimate of drug-likeness (QED) is 0.885. The van der Waals surface area contributed by atoms with Crippen LogP contribution in [0.25, 0.3) is 0 Å². The fourth-order valence-corrected chi connectivity index (χ4v) is 2.54. The minimum atomic E-state index is -0.671. The molecule has 1 aromatic rings. The van der Waals surface area contributed by atoms with E-state index in [4.69, 9.17) is 0 Å². The Bertz CT molecular complexity index is 459. The van der Waals surface area contributed by atoms with Crippen LogP contribution in [0.5, 0.6) is 0 Å². The Morgan fingerprint density at radius 1 is 1.40 bits per heavy atom. The Hall–Kier alpha value is -1.49. The molecule has 0 spiro atoms. The van der Waals surface area contributed by atoms with E-state index in [1.807, 2.05) is 0 Å². The maximum Gasteiger partial charge on any atom is 0.224 e. The van der Waals surface area contributed by atoms with Crippen molar-refractivity contribution in [3.63, 3.8) is 0 Å². The monoisotopic (exact) mass is 282 g/mol. The molecule has 20 heavy (non-hydrogen) atoms. The van der Waals surface area contributed by atoms with Crippen LogP contribution < -0.4 is 10.6 Å². The van der Waals surface area contributed by atoms with E-state index in [1.165, 1.54) is 18.2 Å². The molecular formula is C15H20F2N2O. The number of hydrogen-bond donors (Lipinski definition) is 2. The van der Waals surface area contributed by atoms with Crippen molar-refractivity contribution < 1.29 is 13.6 Å². The first-order valence-electron chi connectivity index (χ1n) is 6.98. The van der Waals surface area contributed by atoms with Crippen molar-refractivity contribution in [2.45, 2.75) is 19.8 Å². The summed E-state index contributed by atoms with van der Waals surface area (Å²) in [7, 11) is 0. The standard InChI is InChI=1S/C15H20F2N2O/c1-10-8-18-6-5-11(10)9-19-15(20)7-12-13(16)3-2-4-14(12)17/h2-4,10-11,18H,5-9H2,1H3,(H,19,20). The van der Waals surface area contributed by atoms with Crippen molar-refractivity contribution in [2.75, 3.05) is 19.6 Å². The summed E-state index contributed by atoms with van der Waals surface area (Å²) in [6, 6.07) is 3.63. The topological polar surface area (TPSA) is 41.1 Å². The highest BCUT2D eigenvalue weighted by atomic mass is 19.1. The molecule has 2 unspecified atom stereocenters. The first-order chi connectivity index (χ1) is 9.58. The molecule has 1 saturated heterocycles. The zero-order valence-corrected chi connectivity index (χ0v) is 11.6. The largest absolute Gasteiger partial charge is 0.356 e. The van der Waals surface area contributed by atoms with E-state index in [0.717, 1.165) is 19.5 Å². The zero-order valence-electron chi connectivity index (χ0n) is 11.6. The van der Waals surface area contributed by atoms with Crippen molar-refractivity contribution in [1.82, 2.24) is 10.6 Å². The van der Waals surface area contributed by atoms with Crippen molar-refractivity contribution in [3.05, 3.63) is 35.4 Å². The number of benzene rings is 1. The van der Waals surface area contributed by atoms with Gasteiger partial charge in [0, 0.05) is 12.1 Å². The van der Waals surface area contributed by atoms with Crippen LogP contribution in [0.2, 0.25) is 0 Å². The Morgan fingerprint density at radius 3 is 2.75 bits per heavy atom. The molecule has 0 aliphatic carbocycles. The highest BCUT2D eigenvalue weighted by Crippen LogP contribution is 2.17. The van der Waals surface area contributed by atoms with Gasteiger partial charge in [0.2, 0.25) is 5.91 Å². The van der Waals surface area contributed by atoms with Gasteiger partial charge in [0.1, 0.15) is 11.6 Å². The minimum Gasteiger partial charge on any atom is -0.356 e. The Kier molecular flexibility index (Phi) is 5.06. The summed E-state index contributed by atoms with van der Waals surface area (Å²) in [4.78, 5) is 11.8. The number of hydrogen-bond acceptors (Lipinski definition) is 2. The number of nitrogens with one attached hydrogen (secondary N) is 2. The molecule has 1 amide bonds. The molecule has 5 heteroatoms. The lowest BCUT2D eigenvalue weighted by molar-refractivity contribution is -0.120. The fourth-order valence-electron chi connectivity index (χ4n) is 2.54. The first kappa shape index (κ1) is 14.9. The van der Waals surface area contributed by atoms with Crippen molar-refractivity contribution >= 4 is 5.91 Å². The predicted octanol–water partition coefficient (Wildman–Crippen LogP) is 1.87. The number of carbonyl (C=O) groups is 1. The van der Waals surface area contributed by atoms with Gasteiger partial charge in [-0.25, -0.2) is 8.78 Å². The van der Waals surface area contributed by atoms with E-state index in [9.17, 15) is 13.6 Å². The van der Waals surface area contributed by atoms with Gasteiger partial charge in [0.25, 0.3) is 0 Å². The summed E-state index contributed by atoms with van der Waals surface area (Å²) in [5, 5.41) is 6.08. The van der Waals surface area contributed by atoms with Gasteiger partial charge in [-0.15, -0.1) is 0 Å². The third-order valence-corrected chi connectivity index (χ3v) is 3.92. The summed E-state index contributed by atoms with van der Waals surface area (Å²) < 4.78 is 26.9. The van der Waals surface area contributed by atoms with Gasteiger partial charge in [-0.3, -0.25) is 4.79 Å². The van der Waals surface area contributed by atoms with Gasteiger partial charge in [0.05, 0.1) is 6.42 Å². The molecular weight excluding hydrogens is 262 g/mol. The van der Waals surface area contributed by atoms with E-state index < -0.39 is 11.6 Å². The molecule has 1 aliphatic rings.